The van der Waals surface area contributed by atoms with Crippen molar-refractivity contribution in [1.29, 1.82) is 0 Å². The molecule has 0 aliphatic carbocycles. The summed E-state index contributed by atoms with van der Waals surface area (Å²) < 4.78 is 11.9. The van der Waals surface area contributed by atoms with Crippen molar-refractivity contribution in [3.8, 4) is 22.1 Å². The van der Waals surface area contributed by atoms with Crippen molar-refractivity contribution in [1.82, 2.24) is 15.1 Å². The zero-order valence-corrected chi connectivity index (χ0v) is 17.4. The highest BCUT2D eigenvalue weighted by atomic mass is 32.1. The number of amides is 1. The quantitative estimate of drug-likeness (QED) is 0.574. The van der Waals surface area contributed by atoms with Gasteiger partial charge in [-0.1, -0.05) is 6.07 Å². The number of thiophene rings is 1. The van der Waals surface area contributed by atoms with Gasteiger partial charge in [0, 0.05) is 6.07 Å². The zero-order valence-electron chi connectivity index (χ0n) is 16.5. The molecule has 0 spiro atoms. The summed E-state index contributed by atoms with van der Waals surface area (Å²) in [5.74, 6) is 1.12. The van der Waals surface area contributed by atoms with Gasteiger partial charge in [-0.25, -0.2) is 4.68 Å². The topological polar surface area (TPSA) is 82.4 Å². The first-order valence-corrected chi connectivity index (χ1v) is 9.99. The number of benzene rings is 1. The second kappa shape index (κ2) is 8.91. The Labute approximate surface area is 172 Å². The van der Waals surface area contributed by atoms with Gasteiger partial charge in [-0.2, -0.15) is 5.10 Å². The van der Waals surface area contributed by atoms with Gasteiger partial charge in [-0.3, -0.25) is 9.59 Å². The van der Waals surface area contributed by atoms with Crippen LogP contribution in [-0.2, 0) is 10.3 Å². The van der Waals surface area contributed by atoms with Crippen LogP contribution < -0.4 is 20.3 Å². The molecule has 7 nitrogen and oxygen atoms in total. The predicted molar refractivity (Wildman–Crippen MR) is 113 cm³/mol. The molecule has 1 amide bonds. The first kappa shape index (κ1) is 20.6. The molecule has 29 heavy (non-hydrogen) atoms. The smallest absolute Gasteiger partial charge is 0.267 e. The standard InChI is InChI=1S/C21H23N3O4S/c1-21(2,24-19(25)11-10-17(23-24)18-5-4-14-29-18)20(26)22-12-13-28-16-8-6-15(27-3)7-9-16/h4-11,14H,12-13H2,1-3H3,(H,22,26). The maximum Gasteiger partial charge on any atom is 0.267 e. The Balaban J connectivity index is 1.62. The molecule has 2 aromatic heterocycles. The fourth-order valence-electron chi connectivity index (χ4n) is 2.69. The van der Waals surface area contributed by atoms with Gasteiger partial charge in [0.1, 0.15) is 29.3 Å². The van der Waals surface area contributed by atoms with E-state index in [1.54, 1.807) is 51.3 Å². The van der Waals surface area contributed by atoms with Crippen LogP contribution in [0.15, 0.2) is 58.7 Å². The van der Waals surface area contributed by atoms with Crippen molar-refractivity contribution < 1.29 is 14.3 Å². The molecule has 0 radical (unpaired) electrons. The molecule has 2 heterocycles. The first-order chi connectivity index (χ1) is 13.9. The van der Waals surface area contributed by atoms with E-state index < -0.39 is 5.54 Å². The Morgan fingerprint density at radius 1 is 1.14 bits per heavy atom. The number of nitrogens with zero attached hydrogens (tertiary/aromatic N) is 2. The van der Waals surface area contributed by atoms with Crippen LogP contribution in [0.2, 0.25) is 0 Å². The summed E-state index contributed by atoms with van der Waals surface area (Å²) in [7, 11) is 1.60. The van der Waals surface area contributed by atoms with Crippen LogP contribution in [0.5, 0.6) is 11.5 Å². The van der Waals surface area contributed by atoms with Crippen LogP contribution in [0.1, 0.15) is 13.8 Å². The van der Waals surface area contributed by atoms with E-state index in [1.807, 2.05) is 17.5 Å². The molecule has 0 unspecified atom stereocenters. The number of carbonyl (C=O) groups is 1. The molecular weight excluding hydrogens is 390 g/mol. The van der Waals surface area contributed by atoms with E-state index in [2.05, 4.69) is 10.4 Å². The number of hydrogen-bond donors (Lipinski definition) is 1. The number of methoxy groups -OCH3 is 1. The van der Waals surface area contributed by atoms with Gasteiger partial charge in [0.15, 0.2) is 0 Å². The van der Waals surface area contributed by atoms with Crippen molar-refractivity contribution in [3.63, 3.8) is 0 Å². The molecule has 152 valence electrons. The molecular formula is C21H23N3O4S. The van der Waals surface area contributed by atoms with Crippen LogP contribution in [-0.4, -0.2) is 35.9 Å². The van der Waals surface area contributed by atoms with E-state index in [4.69, 9.17) is 9.47 Å². The lowest BCUT2D eigenvalue weighted by Gasteiger charge is -2.25. The summed E-state index contributed by atoms with van der Waals surface area (Å²) in [5.41, 5.74) is -0.826. The summed E-state index contributed by atoms with van der Waals surface area (Å²) in [6.07, 6.45) is 0. The number of carbonyl (C=O) groups excluding carboxylic acids is 1. The summed E-state index contributed by atoms with van der Waals surface area (Å²) in [6.45, 7) is 3.93. The first-order valence-electron chi connectivity index (χ1n) is 9.12. The molecule has 0 aliphatic rings. The van der Waals surface area contributed by atoms with Gasteiger partial charge < -0.3 is 14.8 Å². The molecule has 1 aromatic carbocycles. The van der Waals surface area contributed by atoms with Crippen molar-refractivity contribution >= 4 is 17.2 Å². The summed E-state index contributed by atoms with van der Waals surface area (Å²) in [4.78, 5) is 26.0. The SMILES string of the molecule is COc1ccc(OCCNC(=O)C(C)(C)n2nc(-c3cccs3)ccc2=O)cc1. The molecule has 3 rings (SSSR count). The Hall–Kier alpha value is -3.13. The highest BCUT2D eigenvalue weighted by molar-refractivity contribution is 7.13. The van der Waals surface area contributed by atoms with Crippen LogP contribution in [0.3, 0.4) is 0 Å². The van der Waals surface area contributed by atoms with Crippen LogP contribution >= 0.6 is 11.3 Å². The van der Waals surface area contributed by atoms with E-state index in [0.29, 0.717) is 24.6 Å². The Morgan fingerprint density at radius 2 is 1.86 bits per heavy atom. The normalized spacial score (nSPS) is 11.1. The lowest BCUT2D eigenvalue weighted by Crippen LogP contribution is -2.50. The average Bonchev–Trinajstić information content (AvgIpc) is 3.26. The monoisotopic (exact) mass is 413 g/mol. The Bertz CT molecular complexity index is 1010. The van der Waals surface area contributed by atoms with Crippen LogP contribution in [0.25, 0.3) is 10.6 Å². The summed E-state index contributed by atoms with van der Waals surface area (Å²) in [5, 5.41) is 9.16. The van der Waals surface area contributed by atoms with E-state index in [-0.39, 0.29) is 11.5 Å². The molecule has 3 aromatic rings. The van der Waals surface area contributed by atoms with Gasteiger partial charge in [-0.15, -0.1) is 11.3 Å². The van der Waals surface area contributed by atoms with Crippen LogP contribution in [0.4, 0.5) is 0 Å². The fraction of sp³-hybridized carbons (Fsp3) is 0.286. The number of ether oxygens (including phenoxy) is 2. The Morgan fingerprint density at radius 3 is 2.52 bits per heavy atom. The summed E-state index contributed by atoms with van der Waals surface area (Å²) >= 11 is 1.52. The molecule has 0 saturated heterocycles. The lowest BCUT2D eigenvalue weighted by molar-refractivity contribution is -0.129. The maximum atomic E-state index is 12.7. The Kier molecular flexibility index (Phi) is 6.33. The minimum atomic E-state index is -1.15. The third-order valence-corrected chi connectivity index (χ3v) is 5.27. The van der Waals surface area contributed by atoms with Gasteiger partial charge in [-0.05, 0) is 55.6 Å². The number of rotatable bonds is 8. The zero-order chi connectivity index (χ0) is 20.9. The number of aromatic nitrogens is 2. The minimum Gasteiger partial charge on any atom is -0.497 e. The second-order valence-electron chi connectivity index (χ2n) is 6.78. The van der Waals surface area contributed by atoms with E-state index in [9.17, 15) is 9.59 Å². The lowest BCUT2D eigenvalue weighted by atomic mass is 10.0. The molecule has 0 atom stereocenters. The van der Waals surface area contributed by atoms with Crippen LogP contribution in [0, 0.1) is 0 Å². The van der Waals surface area contributed by atoms with Crippen molar-refractivity contribution in [2.45, 2.75) is 19.4 Å². The third-order valence-electron chi connectivity index (χ3n) is 4.37. The number of nitrogens with one attached hydrogen (secondary N) is 1. The molecule has 0 saturated carbocycles. The van der Waals surface area contributed by atoms with Gasteiger partial charge in [0.2, 0.25) is 5.91 Å². The maximum absolute atomic E-state index is 12.7. The second-order valence-corrected chi connectivity index (χ2v) is 7.73. The fourth-order valence-corrected chi connectivity index (χ4v) is 3.38. The molecule has 0 fully saturated rings. The van der Waals surface area contributed by atoms with Crippen molar-refractivity contribution in [2.75, 3.05) is 20.3 Å². The largest absolute Gasteiger partial charge is 0.497 e. The van der Waals surface area contributed by atoms with Gasteiger partial charge in [0.25, 0.3) is 5.56 Å². The summed E-state index contributed by atoms with van der Waals surface area (Å²) in [6, 6.07) is 14.1. The minimum absolute atomic E-state index is 0.297. The molecule has 0 aliphatic heterocycles. The third kappa shape index (κ3) is 4.83. The van der Waals surface area contributed by atoms with E-state index >= 15 is 0 Å². The molecule has 1 N–H and O–H groups in total. The highest BCUT2D eigenvalue weighted by Gasteiger charge is 2.32. The average molecular weight is 413 g/mol. The molecule has 0 bridgehead atoms. The van der Waals surface area contributed by atoms with Crippen molar-refractivity contribution in [3.05, 3.63) is 64.3 Å². The van der Waals surface area contributed by atoms with E-state index in [0.717, 1.165) is 10.6 Å². The van der Waals surface area contributed by atoms with E-state index in [1.165, 1.54) is 22.1 Å². The predicted octanol–water partition coefficient (Wildman–Crippen LogP) is 2.91. The highest BCUT2D eigenvalue weighted by Crippen LogP contribution is 2.22. The number of hydrogen-bond acceptors (Lipinski definition) is 6. The van der Waals surface area contributed by atoms with Crippen molar-refractivity contribution in [2.24, 2.45) is 0 Å². The molecule has 8 heteroatoms. The van der Waals surface area contributed by atoms with Gasteiger partial charge >= 0.3 is 0 Å². The van der Waals surface area contributed by atoms with Gasteiger partial charge in [0.05, 0.1) is 18.5 Å².